The molecule has 3 aliphatic rings. The van der Waals surface area contributed by atoms with E-state index < -0.39 is 0 Å². The Bertz CT molecular complexity index is 513. The Morgan fingerprint density at radius 2 is 1.64 bits per heavy atom. The summed E-state index contributed by atoms with van der Waals surface area (Å²) in [6.07, 6.45) is 4.07. The highest BCUT2D eigenvalue weighted by Gasteiger charge is 2.41. The van der Waals surface area contributed by atoms with E-state index in [2.05, 4.69) is 47.2 Å². The maximum absolute atomic E-state index is 3.59. The number of hydrogen-bond acceptors (Lipinski definition) is 3. The van der Waals surface area contributed by atoms with Gasteiger partial charge in [0.2, 0.25) is 0 Å². The van der Waals surface area contributed by atoms with Gasteiger partial charge in [-0.1, -0.05) is 6.07 Å². The van der Waals surface area contributed by atoms with Crippen LogP contribution in [-0.4, -0.2) is 49.7 Å². The molecule has 0 spiro atoms. The normalized spacial score (nSPS) is 30.0. The highest BCUT2D eigenvalue weighted by Crippen LogP contribution is 2.33. The number of anilines is 1. The Balaban J connectivity index is 1.40. The van der Waals surface area contributed by atoms with Crippen molar-refractivity contribution in [3.05, 3.63) is 29.3 Å². The molecule has 3 fully saturated rings. The van der Waals surface area contributed by atoms with E-state index in [1.807, 2.05) is 0 Å². The van der Waals surface area contributed by atoms with Crippen molar-refractivity contribution in [1.82, 2.24) is 10.2 Å². The van der Waals surface area contributed by atoms with Crippen LogP contribution >= 0.6 is 0 Å². The van der Waals surface area contributed by atoms with Gasteiger partial charge in [-0.15, -0.1) is 0 Å². The van der Waals surface area contributed by atoms with Crippen molar-refractivity contribution in [2.45, 2.75) is 45.2 Å². The second-order valence-corrected chi connectivity index (χ2v) is 7.58. The minimum Gasteiger partial charge on any atom is -0.371 e. The van der Waals surface area contributed by atoms with E-state index in [-0.39, 0.29) is 0 Å². The Morgan fingerprint density at radius 3 is 2.36 bits per heavy atom. The van der Waals surface area contributed by atoms with Gasteiger partial charge in [-0.25, -0.2) is 0 Å². The number of nitrogens with one attached hydrogen (secondary N) is 1. The van der Waals surface area contributed by atoms with Crippen LogP contribution in [0.3, 0.4) is 0 Å². The summed E-state index contributed by atoms with van der Waals surface area (Å²) in [6, 6.07) is 8.61. The fourth-order valence-corrected chi connectivity index (χ4v) is 4.92. The molecule has 0 saturated carbocycles. The van der Waals surface area contributed by atoms with Crippen molar-refractivity contribution < 1.29 is 0 Å². The molecule has 3 aliphatic heterocycles. The summed E-state index contributed by atoms with van der Waals surface area (Å²) in [6.45, 7) is 10.7. The topological polar surface area (TPSA) is 18.5 Å². The summed E-state index contributed by atoms with van der Waals surface area (Å²) in [5.74, 6) is 0.928. The molecule has 3 heterocycles. The zero-order valence-electron chi connectivity index (χ0n) is 14.0. The predicted octanol–water partition coefficient (Wildman–Crippen LogP) is 2.57. The number of rotatable bonds is 2. The number of piperidine rings is 1. The molecule has 4 rings (SSSR count). The second-order valence-electron chi connectivity index (χ2n) is 7.58. The van der Waals surface area contributed by atoms with Crippen LogP contribution in [0.15, 0.2) is 18.2 Å². The van der Waals surface area contributed by atoms with Gasteiger partial charge in [-0.2, -0.15) is 0 Å². The highest BCUT2D eigenvalue weighted by atomic mass is 15.3. The average Bonchev–Trinajstić information content (AvgIpc) is 3.09. The van der Waals surface area contributed by atoms with Gasteiger partial charge in [0.25, 0.3) is 0 Å². The van der Waals surface area contributed by atoms with Gasteiger partial charge in [-0.05, 0) is 75.4 Å². The third-order valence-corrected chi connectivity index (χ3v) is 5.99. The standard InChI is InChI=1S/C19H29N3/c1-14-9-15(2)11-18(10-14)21-6-4-17(5-7-21)22-8-3-16-12-20-13-19(16)22/h9-11,16-17,19-20H,3-8,12-13H2,1-2H3/t16-,19+/m0/s1. The van der Waals surface area contributed by atoms with E-state index in [1.165, 1.54) is 68.8 Å². The predicted molar refractivity (Wildman–Crippen MR) is 92.6 cm³/mol. The van der Waals surface area contributed by atoms with Crippen molar-refractivity contribution in [1.29, 1.82) is 0 Å². The van der Waals surface area contributed by atoms with E-state index in [0.717, 1.165) is 18.0 Å². The van der Waals surface area contributed by atoms with Crippen LogP contribution in [0.4, 0.5) is 5.69 Å². The van der Waals surface area contributed by atoms with Gasteiger partial charge in [0.15, 0.2) is 0 Å². The molecule has 0 amide bonds. The lowest BCUT2D eigenvalue weighted by molar-refractivity contribution is 0.154. The third kappa shape index (κ3) is 2.65. The first-order valence-electron chi connectivity index (χ1n) is 9.00. The summed E-state index contributed by atoms with van der Waals surface area (Å²) < 4.78 is 0. The van der Waals surface area contributed by atoms with Gasteiger partial charge in [-0.3, -0.25) is 4.90 Å². The Labute approximate surface area is 134 Å². The number of benzene rings is 1. The molecule has 1 aromatic rings. The van der Waals surface area contributed by atoms with Crippen LogP contribution in [0, 0.1) is 19.8 Å². The Kier molecular flexibility index (Phi) is 3.87. The summed E-state index contributed by atoms with van der Waals surface area (Å²) in [4.78, 5) is 5.43. The summed E-state index contributed by atoms with van der Waals surface area (Å²) in [5.41, 5.74) is 4.20. The minimum absolute atomic E-state index is 0.817. The smallest absolute Gasteiger partial charge is 0.0371 e. The van der Waals surface area contributed by atoms with Gasteiger partial charge < -0.3 is 10.2 Å². The van der Waals surface area contributed by atoms with E-state index in [4.69, 9.17) is 0 Å². The molecule has 0 aromatic heterocycles. The van der Waals surface area contributed by atoms with Crippen molar-refractivity contribution in [3.8, 4) is 0 Å². The number of nitrogens with zero attached hydrogens (tertiary/aromatic N) is 2. The Morgan fingerprint density at radius 1 is 0.909 bits per heavy atom. The third-order valence-electron chi connectivity index (χ3n) is 5.99. The molecular weight excluding hydrogens is 270 g/mol. The number of hydrogen-bond donors (Lipinski definition) is 1. The zero-order chi connectivity index (χ0) is 15.1. The second kappa shape index (κ2) is 5.86. The SMILES string of the molecule is Cc1cc(C)cc(N2CCC(N3CC[C@H]4CNC[C@H]43)CC2)c1. The summed E-state index contributed by atoms with van der Waals surface area (Å²) in [7, 11) is 0. The fourth-order valence-electron chi connectivity index (χ4n) is 4.92. The quantitative estimate of drug-likeness (QED) is 0.905. The molecular formula is C19H29N3. The molecule has 0 radical (unpaired) electrons. The van der Waals surface area contributed by atoms with Crippen LogP contribution in [0.2, 0.25) is 0 Å². The maximum atomic E-state index is 3.59. The van der Waals surface area contributed by atoms with E-state index in [1.54, 1.807) is 0 Å². The first-order chi connectivity index (χ1) is 10.7. The molecule has 120 valence electrons. The molecule has 0 aliphatic carbocycles. The molecule has 3 heteroatoms. The zero-order valence-corrected chi connectivity index (χ0v) is 14.0. The van der Waals surface area contributed by atoms with Gasteiger partial charge >= 0.3 is 0 Å². The number of aryl methyl sites for hydroxylation is 2. The molecule has 3 saturated heterocycles. The summed E-state index contributed by atoms with van der Waals surface area (Å²) >= 11 is 0. The summed E-state index contributed by atoms with van der Waals surface area (Å²) in [5, 5.41) is 3.59. The molecule has 3 nitrogen and oxygen atoms in total. The number of fused-ring (bicyclic) bond motifs is 1. The molecule has 2 atom stereocenters. The van der Waals surface area contributed by atoms with Crippen molar-refractivity contribution in [3.63, 3.8) is 0 Å². The van der Waals surface area contributed by atoms with Gasteiger partial charge in [0.1, 0.15) is 0 Å². The van der Waals surface area contributed by atoms with E-state index in [9.17, 15) is 0 Å². The highest BCUT2D eigenvalue weighted by molar-refractivity contribution is 5.51. The number of likely N-dealkylation sites (tertiary alicyclic amines) is 1. The van der Waals surface area contributed by atoms with Crippen LogP contribution in [0.5, 0.6) is 0 Å². The fraction of sp³-hybridized carbons (Fsp3) is 0.684. The van der Waals surface area contributed by atoms with E-state index in [0.29, 0.717) is 0 Å². The molecule has 1 N–H and O–H groups in total. The van der Waals surface area contributed by atoms with Gasteiger partial charge in [0, 0.05) is 37.4 Å². The Hall–Kier alpha value is -1.06. The van der Waals surface area contributed by atoms with Crippen molar-refractivity contribution in [2.75, 3.05) is 37.6 Å². The minimum atomic E-state index is 0.817. The largest absolute Gasteiger partial charge is 0.371 e. The molecule has 0 unspecified atom stereocenters. The van der Waals surface area contributed by atoms with E-state index >= 15 is 0 Å². The molecule has 1 aromatic carbocycles. The first-order valence-corrected chi connectivity index (χ1v) is 9.00. The molecule has 0 bridgehead atoms. The lowest BCUT2D eigenvalue weighted by Gasteiger charge is -2.40. The average molecular weight is 299 g/mol. The molecule has 22 heavy (non-hydrogen) atoms. The lowest BCUT2D eigenvalue weighted by Crippen LogP contribution is -2.48. The van der Waals surface area contributed by atoms with Crippen LogP contribution < -0.4 is 10.2 Å². The maximum Gasteiger partial charge on any atom is 0.0371 e. The monoisotopic (exact) mass is 299 g/mol. The van der Waals surface area contributed by atoms with Crippen LogP contribution in [0.1, 0.15) is 30.4 Å². The van der Waals surface area contributed by atoms with Gasteiger partial charge in [0.05, 0.1) is 0 Å². The van der Waals surface area contributed by atoms with Crippen molar-refractivity contribution in [2.24, 2.45) is 5.92 Å². The van der Waals surface area contributed by atoms with Crippen LogP contribution in [-0.2, 0) is 0 Å². The van der Waals surface area contributed by atoms with Crippen LogP contribution in [0.25, 0.3) is 0 Å². The lowest BCUT2D eigenvalue weighted by atomic mass is 9.99. The van der Waals surface area contributed by atoms with Crippen molar-refractivity contribution >= 4 is 5.69 Å². The first kappa shape index (κ1) is 14.5.